The second-order valence-corrected chi connectivity index (χ2v) is 6.05. The van der Waals surface area contributed by atoms with Crippen LogP contribution >= 0.6 is 0 Å². The van der Waals surface area contributed by atoms with E-state index in [0.29, 0.717) is 12.0 Å². The van der Waals surface area contributed by atoms with Crippen molar-refractivity contribution < 1.29 is 4.74 Å². The zero-order valence-electron chi connectivity index (χ0n) is 11.8. The van der Waals surface area contributed by atoms with Gasteiger partial charge in [0.25, 0.3) is 0 Å². The fourth-order valence-corrected chi connectivity index (χ4v) is 2.75. The summed E-state index contributed by atoms with van der Waals surface area (Å²) in [5, 5.41) is 0. The van der Waals surface area contributed by atoms with Crippen LogP contribution in [-0.4, -0.2) is 16.6 Å². The van der Waals surface area contributed by atoms with Gasteiger partial charge in [0.2, 0.25) is 0 Å². The number of nitrogens with zero attached hydrogens (tertiary/aromatic N) is 1. The number of aromatic nitrogens is 2. The van der Waals surface area contributed by atoms with Gasteiger partial charge in [-0.05, 0) is 38.0 Å². The minimum atomic E-state index is -0.225. The van der Waals surface area contributed by atoms with Crippen LogP contribution < -0.4 is 5.73 Å². The molecule has 0 unspecified atom stereocenters. The summed E-state index contributed by atoms with van der Waals surface area (Å²) in [6.07, 6.45) is 6.24. The minimum Gasteiger partial charge on any atom is -0.367 e. The number of ether oxygens (including phenoxy) is 1. The summed E-state index contributed by atoms with van der Waals surface area (Å²) in [7, 11) is 0. The molecule has 3 N–H and O–H groups in total. The van der Waals surface area contributed by atoms with E-state index in [4.69, 9.17) is 10.5 Å². The van der Waals surface area contributed by atoms with Crippen molar-refractivity contribution in [3.8, 4) is 0 Å². The van der Waals surface area contributed by atoms with E-state index in [2.05, 4.69) is 23.8 Å². The Balaban J connectivity index is 2.22. The van der Waals surface area contributed by atoms with Gasteiger partial charge in [-0.2, -0.15) is 0 Å². The van der Waals surface area contributed by atoms with Gasteiger partial charge in [0.1, 0.15) is 11.4 Å². The van der Waals surface area contributed by atoms with E-state index in [1.54, 1.807) is 0 Å². The van der Waals surface area contributed by atoms with Crippen LogP contribution in [-0.2, 0) is 16.9 Å². The average molecular weight is 251 g/mol. The third kappa shape index (κ3) is 2.59. The van der Waals surface area contributed by atoms with Crippen molar-refractivity contribution in [2.45, 2.75) is 58.6 Å². The lowest BCUT2D eigenvalue weighted by atomic mass is 9.70. The number of imidazole rings is 1. The van der Waals surface area contributed by atoms with Crippen LogP contribution in [0.15, 0.2) is 6.20 Å². The molecular weight excluding hydrogens is 226 g/mol. The standard InChI is InChI=1S/C14H25N3O/c1-4-18-14(7-5-13(2,3)6-8-14)12-16-10-11(9-15)17-12/h10H,4-9,15H2,1-3H3,(H,16,17). The number of nitrogens with two attached hydrogens (primary N) is 1. The number of nitrogens with one attached hydrogen (secondary N) is 1. The van der Waals surface area contributed by atoms with Crippen molar-refractivity contribution in [3.05, 3.63) is 17.7 Å². The van der Waals surface area contributed by atoms with Crippen molar-refractivity contribution in [3.63, 3.8) is 0 Å². The Morgan fingerprint density at radius 1 is 1.33 bits per heavy atom. The number of H-pyrrole nitrogens is 1. The highest BCUT2D eigenvalue weighted by molar-refractivity contribution is 5.11. The Bertz CT molecular complexity index is 387. The van der Waals surface area contributed by atoms with Crippen LogP contribution in [0.5, 0.6) is 0 Å². The van der Waals surface area contributed by atoms with E-state index in [9.17, 15) is 0 Å². The molecule has 4 nitrogen and oxygen atoms in total. The smallest absolute Gasteiger partial charge is 0.138 e. The summed E-state index contributed by atoms with van der Waals surface area (Å²) >= 11 is 0. The fourth-order valence-electron chi connectivity index (χ4n) is 2.75. The number of hydrogen-bond donors (Lipinski definition) is 2. The van der Waals surface area contributed by atoms with Crippen LogP contribution in [0.25, 0.3) is 0 Å². The van der Waals surface area contributed by atoms with Crippen LogP contribution in [0, 0.1) is 5.41 Å². The molecule has 0 amide bonds. The maximum atomic E-state index is 6.07. The molecule has 1 heterocycles. The SMILES string of the molecule is CCOC1(c2ncc(CN)[nH]2)CCC(C)(C)CC1. The highest BCUT2D eigenvalue weighted by atomic mass is 16.5. The van der Waals surface area contributed by atoms with Gasteiger partial charge in [-0.25, -0.2) is 4.98 Å². The van der Waals surface area contributed by atoms with Gasteiger partial charge in [-0.15, -0.1) is 0 Å². The molecule has 0 saturated heterocycles. The summed E-state index contributed by atoms with van der Waals surface area (Å²) in [6.45, 7) is 7.93. The quantitative estimate of drug-likeness (QED) is 0.864. The van der Waals surface area contributed by atoms with Gasteiger partial charge < -0.3 is 15.5 Å². The zero-order chi connectivity index (χ0) is 13.2. The van der Waals surface area contributed by atoms with Gasteiger partial charge in [0.05, 0.1) is 0 Å². The van der Waals surface area contributed by atoms with E-state index < -0.39 is 0 Å². The van der Waals surface area contributed by atoms with Crippen molar-refractivity contribution in [1.82, 2.24) is 9.97 Å². The van der Waals surface area contributed by atoms with Gasteiger partial charge in [-0.1, -0.05) is 13.8 Å². The number of aromatic amines is 1. The summed E-state index contributed by atoms with van der Waals surface area (Å²) in [4.78, 5) is 7.81. The Kier molecular flexibility index (Phi) is 3.78. The summed E-state index contributed by atoms with van der Waals surface area (Å²) in [6, 6.07) is 0. The largest absolute Gasteiger partial charge is 0.367 e. The molecule has 18 heavy (non-hydrogen) atoms. The summed E-state index contributed by atoms with van der Waals surface area (Å²) in [5.41, 5.74) is 6.82. The summed E-state index contributed by atoms with van der Waals surface area (Å²) < 4.78 is 6.07. The third-order valence-corrected chi connectivity index (χ3v) is 4.11. The van der Waals surface area contributed by atoms with Gasteiger partial charge in [0, 0.05) is 25.0 Å². The first-order valence-electron chi connectivity index (χ1n) is 6.90. The van der Waals surface area contributed by atoms with Crippen molar-refractivity contribution in [1.29, 1.82) is 0 Å². The van der Waals surface area contributed by atoms with Crippen molar-refractivity contribution in [2.24, 2.45) is 11.1 Å². The average Bonchev–Trinajstić information content (AvgIpc) is 2.82. The maximum Gasteiger partial charge on any atom is 0.138 e. The predicted octanol–water partition coefficient (Wildman–Crippen LogP) is 2.70. The maximum absolute atomic E-state index is 6.07. The third-order valence-electron chi connectivity index (χ3n) is 4.11. The highest BCUT2D eigenvalue weighted by Crippen LogP contribution is 2.46. The van der Waals surface area contributed by atoms with Crippen LogP contribution in [0.3, 0.4) is 0 Å². The van der Waals surface area contributed by atoms with E-state index in [1.165, 1.54) is 12.8 Å². The Morgan fingerprint density at radius 2 is 2.00 bits per heavy atom. The minimum absolute atomic E-state index is 0.225. The lowest BCUT2D eigenvalue weighted by molar-refractivity contribution is -0.0943. The van der Waals surface area contributed by atoms with Gasteiger partial charge >= 0.3 is 0 Å². The molecule has 1 aromatic rings. The number of hydrogen-bond acceptors (Lipinski definition) is 3. The molecule has 102 valence electrons. The van der Waals surface area contributed by atoms with E-state index >= 15 is 0 Å². The molecule has 0 atom stereocenters. The monoisotopic (exact) mass is 251 g/mol. The molecule has 1 aliphatic rings. The molecule has 1 fully saturated rings. The first-order valence-corrected chi connectivity index (χ1v) is 6.90. The first kappa shape index (κ1) is 13.6. The second kappa shape index (κ2) is 5.02. The molecule has 1 aromatic heterocycles. The molecule has 0 aliphatic heterocycles. The van der Waals surface area contributed by atoms with Crippen LogP contribution in [0.4, 0.5) is 0 Å². The normalized spacial score (nSPS) is 22.0. The molecule has 4 heteroatoms. The van der Waals surface area contributed by atoms with E-state index in [0.717, 1.165) is 31.0 Å². The summed E-state index contributed by atoms with van der Waals surface area (Å²) in [5.74, 6) is 0.959. The second-order valence-electron chi connectivity index (χ2n) is 6.05. The molecule has 0 radical (unpaired) electrons. The topological polar surface area (TPSA) is 63.9 Å². The van der Waals surface area contributed by atoms with Crippen molar-refractivity contribution in [2.75, 3.05) is 6.61 Å². The van der Waals surface area contributed by atoms with Crippen LogP contribution in [0.2, 0.25) is 0 Å². The van der Waals surface area contributed by atoms with Gasteiger partial charge in [0.15, 0.2) is 0 Å². The molecule has 1 aliphatic carbocycles. The Labute approximate surface area is 109 Å². The lowest BCUT2D eigenvalue weighted by Crippen LogP contribution is -2.38. The molecule has 0 spiro atoms. The van der Waals surface area contributed by atoms with Crippen LogP contribution in [0.1, 0.15) is 58.0 Å². The molecule has 2 rings (SSSR count). The molecule has 0 aromatic carbocycles. The van der Waals surface area contributed by atoms with Gasteiger partial charge in [-0.3, -0.25) is 0 Å². The van der Waals surface area contributed by atoms with E-state index in [-0.39, 0.29) is 5.60 Å². The first-order chi connectivity index (χ1) is 8.51. The number of rotatable bonds is 4. The Morgan fingerprint density at radius 3 is 2.50 bits per heavy atom. The zero-order valence-corrected chi connectivity index (χ0v) is 11.8. The fraction of sp³-hybridized carbons (Fsp3) is 0.786. The molecule has 1 saturated carbocycles. The Hall–Kier alpha value is -0.870. The lowest BCUT2D eigenvalue weighted by Gasteiger charge is -2.42. The van der Waals surface area contributed by atoms with E-state index in [1.807, 2.05) is 13.1 Å². The predicted molar refractivity (Wildman–Crippen MR) is 72.0 cm³/mol. The highest BCUT2D eigenvalue weighted by Gasteiger charge is 2.42. The molecule has 0 bridgehead atoms. The van der Waals surface area contributed by atoms with Crippen molar-refractivity contribution >= 4 is 0 Å². The molecular formula is C14H25N3O.